The third kappa shape index (κ3) is 2.81. The van der Waals surface area contributed by atoms with Crippen LogP contribution in [0, 0.1) is 11.8 Å². The van der Waals surface area contributed by atoms with Crippen molar-refractivity contribution in [1.82, 2.24) is 0 Å². The van der Waals surface area contributed by atoms with E-state index in [1.165, 1.54) is 32.9 Å². The molecule has 0 aromatic heterocycles. The van der Waals surface area contributed by atoms with Crippen molar-refractivity contribution in [2.45, 2.75) is 38.7 Å². The number of Topliss-reactive ketones (excluding diaryl/α,β-unsaturated/α-hetero) is 3. The number of hydrogen-bond donors (Lipinski definition) is 2. The van der Waals surface area contributed by atoms with Crippen LogP contribution in [-0.4, -0.2) is 33.2 Å². The molecule has 118 valence electrons. The number of benzene rings is 1. The van der Waals surface area contributed by atoms with Crippen molar-refractivity contribution in [2.75, 3.05) is 0 Å². The Morgan fingerprint density at radius 1 is 1.14 bits per heavy atom. The average Bonchev–Trinajstić information content (AvgIpc) is 2.36. The van der Waals surface area contributed by atoms with Gasteiger partial charge in [0.2, 0.25) is 0 Å². The predicted molar refractivity (Wildman–Crippen MR) is 79.4 cm³/mol. The molecule has 1 saturated carbocycles. The number of carbonyl (C=O) groups excluding carboxylic acids is 3. The van der Waals surface area contributed by atoms with Gasteiger partial charge in [0.1, 0.15) is 23.1 Å². The first kappa shape index (κ1) is 16.4. The molecule has 1 aromatic carbocycles. The highest BCUT2D eigenvalue weighted by Gasteiger charge is 2.53. The van der Waals surface area contributed by atoms with Crippen LogP contribution in [0.3, 0.4) is 0 Å². The molecular weight excluding hydrogens is 284 g/mol. The van der Waals surface area contributed by atoms with Crippen molar-refractivity contribution in [1.29, 1.82) is 0 Å². The molecule has 0 spiro atoms. The molecule has 1 aromatic rings. The van der Waals surface area contributed by atoms with Crippen molar-refractivity contribution < 1.29 is 24.6 Å². The minimum atomic E-state index is -1.49. The molecule has 2 rings (SSSR count). The molecule has 1 aliphatic carbocycles. The zero-order chi connectivity index (χ0) is 16.7. The number of aliphatic hydroxyl groups is 1. The Hall–Kier alpha value is -2.01. The maximum Gasteiger partial charge on any atom is 0.146 e. The average molecular weight is 304 g/mol. The zero-order valence-corrected chi connectivity index (χ0v) is 12.9. The van der Waals surface area contributed by atoms with Gasteiger partial charge >= 0.3 is 0 Å². The van der Waals surface area contributed by atoms with E-state index in [1.54, 1.807) is 12.1 Å². The minimum absolute atomic E-state index is 0.0522. The summed E-state index contributed by atoms with van der Waals surface area (Å²) in [5, 5.41) is 20.0. The molecule has 0 bridgehead atoms. The molecule has 2 N–H and O–H groups in total. The fourth-order valence-corrected chi connectivity index (χ4v) is 3.60. The molecule has 4 atom stereocenters. The SMILES string of the molecule is CC(=O)[C@@H]1C(=O)C[C@](C)(O)[C@H](C(C)=O)[C@@H]1c1ccc(O)cc1. The van der Waals surface area contributed by atoms with E-state index >= 15 is 0 Å². The first-order chi connectivity index (χ1) is 10.1. The normalized spacial score (nSPS) is 31.8. The molecule has 5 nitrogen and oxygen atoms in total. The van der Waals surface area contributed by atoms with E-state index in [-0.39, 0.29) is 29.5 Å². The van der Waals surface area contributed by atoms with Gasteiger partial charge in [0.15, 0.2) is 0 Å². The molecular formula is C17H20O5. The fraction of sp³-hybridized carbons (Fsp3) is 0.471. The molecule has 22 heavy (non-hydrogen) atoms. The number of aromatic hydroxyl groups is 1. The number of hydrogen-bond acceptors (Lipinski definition) is 5. The summed E-state index contributed by atoms with van der Waals surface area (Å²) in [6.45, 7) is 4.15. The Morgan fingerprint density at radius 3 is 2.14 bits per heavy atom. The summed E-state index contributed by atoms with van der Waals surface area (Å²) in [5.41, 5.74) is -0.899. The Kier molecular flexibility index (Phi) is 4.20. The van der Waals surface area contributed by atoms with Gasteiger partial charge < -0.3 is 10.2 Å². The van der Waals surface area contributed by atoms with E-state index in [1.807, 2.05) is 0 Å². The van der Waals surface area contributed by atoms with E-state index in [0.717, 1.165) is 0 Å². The summed E-state index contributed by atoms with van der Waals surface area (Å²) in [5.74, 6) is -3.38. The summed E-state index contributed by atoms with van der Waals surface area (Å²) in [6.07, 6.45) is -0.212. The van der Waals surface area contributed by atoms with Gasteiger partial charge in [-0.3, -0.25) is 14.4 Å². The van der Waals surface area contributed by atoms with Crippen LogP contribution in [0.5, 0.6) is 5.75 Å². The van der Waals surface area contributed by atoms with E-state index in [2.05, 4.69) is 0 Å². The van der Waals surface area contributed by atoms with Gasteiger partial charge in [0.25, 0.3) is 0 Å². The van der Waals surface area contributed by atoms with Crippen LogP contribution in [0.15, 0.2) is 24.3 Å². The smallest absolute Gasteiger partial charge is 0.146 e. The number of phenols is 1. The van der Waals surface area contributed by atoms with Gasteiger partial charge in [-0.05, 0) is 38.5 Å². The lowest BCUT2D eigenvalue weighted by Gasteiger charge is -2.44. The fourth-order valence-electron chi connectivity index (χ4n) is 3.60. The summed E-state index contributed by atoms with van der Waals surface area (Å²) in [4.78, 5) is 36.4. The summed E-state index contributed by atoms with van der Waals surface area (Å²) in [7, 11) is 0. The monoisotopic (exact) mass is 304 g/mol. The zero-order valence-electron chi connectivity index (χ0n) is 12.9. The second-order valence-electron chi connectivity index (χ2n) is 6.29. The third-order valence-electron chi connectivity index (χ3n) is 4.42. The van der Waals surface area contributed by atoms with Crippen LogP contribution < -0.4 is 0 Å². The van der Waals surface area contributed by atoms with Gasteiger partial charge in [-0.25, -0.2) is 0 Å². The van der Waals surface area contributed by atoms with E-state index < -0.39 is 23.4 Å². The summed E-state index contributed by atoms with van der Waals surface area (Å²) < 4.78 is 0. The van der Waals surface area contributed by atoms with Gasteiger partial charge in [-0.2, -0.15) is 0 Å². The second-order valence-corrected chi connectivity index (χ2v) is 6.29. The Labute approximate surface area is 129 Å². The first-order valence-electron chi connectivity index (χ1n) is 7.20. The molecule has 5 heteroatoms. The van der Waals surface area contributed by atoms with Crippen molar-refractivity contribution in [3.63, 3.8) is 0 Å². The number of ketones is 3. The van der Waals surface area contributed by atoms with Crippen LogP contribution in [0.2, 0.25) is 0 Å². The van der Waals surface area contributed by atoms with E-state index in [9.17, 15) is 24.6 Å². The highest BCUT2D eigenvalue weighted by atomic mass is 16.3. The highest BCUT2D eigenvalue weighted by Crippen LogP contribution is 2.46. The Morgan fingerprint density at radius 2 is 1.68 bits per heavy atom. The number of phenolic OH excluding ortho intramolecular Hbond substituents is 1. The van der Waals surface area contributed by atoms with Crippen molar-refractivity contribution >= 4 is 17.3 Å². The lowest BCUT2D eigenvalue weighted by atomic mass is 9.60. The van der Waals surface area contributed by atoms with Gasteiger partial charge in [0.05, 0.1) is 17.4 Å². The van der Waals surface area contributed by atoms with Gasteiger partial charge in [-0.1, -0.05) is 12.1 Å². The molecule has 0 aliphatic heterocycles. The molecule has 1 aliphatic rings. The van der Waals surface area contributed by atoms with E-state index in [4.69, 9.17) is 0 Å². The molecule has 0 radical (unpaired) electrons. The first-order valence-corrected chi connectivity index (χ1v) is 7.20. The Balaban J connectivity index is 2.61. The standard InChI is InChI=1S/C17H20O5/c1-9(18)14-13(21)8-17(3,22)16(10(2)19)15(14)11-4-6-12(20)7-5-11/h4-7,14-16,20,22H,8H2,1-3H3/t14-,15-,16-,17+/m1/s1. The minimum Gasteiger partial charge on any atom is -0.508 e. The predicted octanol–water partition coefficient (Wildman–Crippen LogP) is 1.61. The van der Waals surface area contributed by atoms with Gasteiger partial charge in [-0.15, -0.1) is 0 Å². The summed E-state index contributed by atoms with van der Waals surface area (Å²) >= 11 is 0. The van der Waals surface area contributed by atoms with Crippen LogP contribution in [0.1, 0.15) is 38.7 Å². The lowest BCUT2D eigenvalue weighted by molar-refractivity contribution is -0.151. The van der Waals surface area contributed by atoms with Gasteiger partial charge in [0, 0.05) is 12.3 Å². The largest absolute Gasteiger partial charge is 0.508 e. The van der Waals surface area contributed by atoms with Crippen LogP contribution in [-0.2, 0) is 14.4 Å². The number of carbonyl (C=O) groups is 3. The number of rotatable bonds is 3. The van der Waals surface area contributed by atoms with Crippen LogP contribution >= 0.6 is 0 Å². The van der Waals surface area contributed by atoms with Crippen molar-refractivity contribution in [3.05, 3.63) is 29.8 Å². The van der Waals surface area contributed by atoms with Crippen LogP contribution in [0.25, 0.3) is 0 Å². The maximum atomic E-state index is 12.3. The third-order valence-corrected chi connectivity index (χ3v) is 4.42. The second kappa shape index (κ2) is 5.65. The molecule has 1 fully saturated rings. The molecule has 0 unspecified atom stereocenters. The maximum absolute atomic E-state index is 12.3. The molecule has 0 saturated heterocycles. The van der Waals surface area contributed by atoms with Crippen molar-refractivity contribution in [2.24, 2.45) is 11.8 Å². The molecule has 0 heterocycles. The highest BCUT2D eigenvalue weighted by molar-refractivity contribution is 6.05. The topological polar surface area (TPSA) is 91.7 Å². The Bertz CT molecular complexity index is 614. The summed E-state index contributed by atoms with van der Waals surface area (Å²) in [6, 6.07) is 6.05. The quantitative estimate of drug-likeness (QED) is 0.828. The van der Waals surface area contributed by atoms with Crippen LogP contribution in [0.4, 0.5) is 0 Å². The van der Waals surface area contributed by atoms with Crippen molar-refractivity contribution in [3.8, 4) is 5.75 Å². The molecule has 0 amide bonds. The lowest BCUT2D eigenvalue weighted by Crippen LogP contribution is -2.53. The van der Waals surface area contributed by atoms with E-state index in [0.29, 0.717) is 5.56 Å².